The van der Waals surface area contributed by atoms with E-state index in [9.17, 15) is 4.79 Å². The van der Waals surface area contributed by atoms with Gasteiger partial charge in [0.25, 0.3) is 5.91 Å². The molecule has 1 heterocycles. The topological polar surface area (TPSA) is 51.5 Å². The Hall–Kier alpha value is -2.53. The highest BCUT2D eigenvalue weighted by Crippen LogP contribution is 2.24. The lowest BCUT2D eigenvalue weighted by Gasteiger charge is -2.13. The number of amides is 1. The number of halogens is 1. The minimum Gasteiger partial charge on any atom is -0.491 e. The van der Waals surface area contributed by atoms with Crippen LogP contribution in [-0.2, 0) is 6.54 Å². The Morgan fingerprint density at radius 1 is 1.15 bits per heavy atom. The van der Waals surface area contributed by atoms with Gasteiger partial charge in [-0.3, -0.25) is 4.79 Å². The lowest BCUT2D eigenvalue weighted by Crippen LogP contribution is -2.22. The number of hydrogen-bond donors (Lipinski definition) is 1. The molecule has 0 aliphatic carbocycles. The zero-order valence-electron chi connectivity index (χ0n) is 15.4. The molecule has 4 nitrogen and oxygen atoms in total. The maximum absolute atomic E-state index is 12.4. The Balaban J connectivity index is 1.61. The predicted octanol–water partition coefficient (Wildman–Crippen LogP) is 5.82. The van der Waals surface area contributed by atoms with Gasteiger partial charge in [0.2, 0.25) is 0 Å². The second kappa shape index (κ2) is 8.91. The Bertz CT molecular complexity index is 902. The highest BCUT2D eigenvalue weighted by atomic mass is 79.9. The molecule has 3 aromatic rings. The van der Waals surface area contributed by atoms with Crippen LogP contribution >= 0.6 is 15.9 Å². The van der Waals surface area contributed by atoms with Crippen molar-refractivity contribution in [3.05, 3.63) is 76.5 Å². The van der Waals surface area contributed by atoms with E-state index in [1.54, 1.807) is 12.1 Å². The van der Waals surface area contributed by atoms with Crippen molar-refractivity contribution in [1.82, 2.24) is 5.32 Å². The van der Waals surface area contributed by atoms with Gasteiger partial charge in [0.1, 0.15) is 17.3 Å². The van der Waals surface area contributed by atoms with Crippen molar-refractivity contribution in [3.63, 3.8) is 0 Å². The molecule has 27 heavy (non-hydrogen) atoms. The molecule has 1 N–H and O–H groups in total. The first-order chi connectivity index (χ1) is 13.0. The molecule has 1 amide bonds. The average molecular weight is 428 g/mol. The van der Waals surface area contributed by atoms with Crippen LogP contribution in [0.25, 0.3) is 11.3 Å². The van der Waals surface area contributed by atoms with E-state index >= 15 is 0 Å². The van der Waals surface area contributed by atoms with Gasteiger partial charge in [-0.2, -0.15) is 0 Å². The summed E-state index contributed by atoms with van der Waals surface area (Å²) in [4.78, 5) is 12.4. The van der Waals surface area contributed by atoms with Gasteiger partial charge in [0.15, 0.2) is 0 Å². The van der Waals surface area contributed by atoms with Crippen molar-refractivity contribution in [2.75, 3.05) is 0 Å². The van der Waals surface area contributed by atoms with Crippen LogP contribution < -0.4 is 10.1 Å². The van der Waals surface area contributed by atoms with E-state index in [0.717, 1.165) is 22.2 Å². The number of ether oxygens (including phenoxy) is 1. The van der Waals surface area contributed by atoms with Crippen LogP contribution in [0.15, 0.2) is 69.6 Å². The van der Waals surface area contributed by atoms with Gasteiger partial charge in [0.05, 0.1) is 12.6 Å². The second-order valence-electron chi connectivity index (χ2n) is 6.32. The van der Waals surface area contributed by atoms with E-state index in [0.29, 0.717) is 23.6 Å². The predicted molar refractivity (Wildman–Crippen MR) is 110 cm³/mol. The van der Waals surface area contributed by atoms with Gasteiger partial charge in [-0.05, 0) is 55.8 Å². The second-order valence-corrected chi connectivity index (χ2v) is 7.24. The van der Waals surface area contributed by atoms with Crippen molar-refractivity contribution >= 4 is 21.8 Å². The summed E-state index contributed by atoms with van der Waals surface area (Å²) in [7, 11) is 0. The molecular formula is C22H22BrNO3. The summed E-state index contributed by atoms with van der Waals surface area (Å²) < 4.78 is 12.6. The van der Waals surface area contributed by atoms with Crippen molar-refractivity contribution in [1.29, 1.82) is 0 Å². The Morgan fingerprint density at radius 2 is 1.93 bits per heavy atom. The lowest BCUT2D eigenvalue weighted by molar-refractivity contribution is 0.0947. The zero-order valence-corrected chi connectivity index (χ0v) is 17.0. The summed E-state index contributed by atoms with van der Waals surface area (Å²) in [6.45, 7) is 4.39. The van der Waals surface area contributed by atoms with Crippen molar-refractivity contribution in [2.45, 2.75) is 32.9 Å². The Kier molecular flexibility index (Phi) is 6.35. The van der Waals surface area contributed by atoms with Gasteiger partial charge in [0, 0.05) is 15.6 Å². The lowest BCUT2D eigenvalue weighted by atomic mass is 10.2. The quantitative estimate of drug-likeness (QED) is 0.516. The molecule has 1 atom stereocenters. The van der Waals surface area contributed by atoms with Gasteiger partial charge >= 0.3 is 0 Å². The molecule has 0 saturated heterocycles. The van der Waals surface area contributed by atoms with E-state index in [-0.39, 0.29) is 12.0 Å². The third-order valence-electron chi connectivity index (χ3n) is 4.22. The van der Waals surface area contributed by atoms with Crippen LogP contribution in [0.1, 0.15) is 36.4 Å². The normalized spacial score (nSPS) is 11.8. The Morgan fingerprint density at radius 3 is 2.67 bits per heavy atom. The number of carbonyl (C=O) groups excluding carboxylic acids is 1. The third-order valence-corrected chi connectivity index (χ3v) is 4.75. The summed E-state index contributed by atoms with van der Waals surface area (Å²) in [5.41, 5.74) is 1.56. The first-order valence-electron chi connectivity index (χ1n) is 8.94. The van der Waals surface area contributed by atoms with Gasteiger partial charge in [-0.15, -0.1) is 0 Å². The van der Waals surface area contributed by atoms with Crippen LogP contribution in [0, 0.1) is 0 Å². The molecule has 5 heteroatoms. The summed E-state index contributed by atoms with van der Waals surface area (Å²) in [6, 6.07) is 18.9. The zero-order chi connectivity index (χ0) is 19.2. The van der Waals surface area contributed by atoms with Crippen LogP contribution in [0.2, 0.25) is 0 Å². The molecule has 140 valence electrons. The van der Waals surface area contributed by atoms with Gasteiger partial charge in [-0.1, -0.05) is 41.1 Å². The van der Waals surface area contributed by atoms with Crippen molar-refractivity contribution < 1.29 is 13.9 Å². The SMILES string of the molecule is CC[C@H](C)Oc1cccc(C(=O)NCc2ccc(-c3ccc(Br)cc3)o2)c1. The Labute approximate surface area is 167 Å². The number of benzene rings is 2. The average Bonchev–Trinajstić information content (AvgIpc) is 3.15. The summed E-state index contributed by atoms with van der Waals surface area (Å²) in [5.74, 6) is 2.02. The summed E-state index contributed by atoms with van der Waals surface area (Å²) in [6.07, 6.45) is 1.03. The first kappa shape index (κ1) is 19.2. The maximum Gasteiger partial charge on any atom is 0.251 e. The fraction of sp³-hybridized carbons (Fsp3) is 0.227. The van der Waals surface area contributed by atoms with E-state index in [1.807, 2.05) is 55.5 Å². The monoisotopic (exact) mass is 427 g/mol. The van der Waals surface area contributed by atoms with E-state index in [2.05, 4.69) is 28.2 Å². The molecule has 0 aliphatic rings. The van der Waals surface area contributed by atoms with Crippen LogP contribution in [0.4, 0.5) is 0 Å². The minimum atomic E-state index is -0.161. The van der Waals surface area contributed by atoms with Gasteiger partial charge in [-0.25, -0.2) is 0 Å². The number of carbonyl (C=O) groups is 1. The molecule has 0 bridgehead atoms. The molecule has 0 radical (unpaired) electrons. The molecule has 2 aromatic carbocycles. The fourth-order valence-corrected chi connectivity index (χ4v) is 2.80. The largest absolute Gasteiger partial charge is 0.491 e. The molecule has 0 spiro atoms. The molecule has 0 saturated carbocycles. The molecule has 0 aliphatic heterocycles. The van der Waals surface area contributed by atoms with E-state index in [4.69, 9.17) is 9.15 Å². The third kappa shape index (κ3) is 5.23. The smallest absolute Gasteiger partial charge is 0.251 e. The standard InChI is InChI=1S/C22H22BrNO3/c1-3-15(2)26-19-6-4-5-17(13-19)22(25)24-14-20-11-12-21(27-20)16-7-9-18(23)10-8-16/h4-13,15H,3,14H2,1-2H3,(H,24,25)/t15-/m0/s1. The highest BCUT2D eigenvalue weighted by Gasteiger charge is 2.10. The molecule has 0 unspecified atom stereocenters. The first-order valence-corrected chi connectivity index (χ1v) is 9.74. The molecular weight excluding hydrogens is 406 g/mol. The maximum atomic E-state index is 12.4. The number of hydrogen-bond acceptors (Lipinski definition) is 3. The summed E-state index contributed by atoms with van der Waals surface area (Å²) in [5, 5.41) is 2.89. The van der Waals surface area contributed by atoms with E-state index < -0.39 is 0 Å². The van der Waals surface area contributed by atoms with Crippen molar-refractivity contribution in [2.24, 2.45) is 0 Å². The van der Waals surface area contributed by atoms with Crippen LogP contribution in [-0.4, -0.2) is 12.0 Å². The van der Waals surface area contributed by atoms with Gasteiger partial charge < -0.3 is 14.5 Å². The van der Waals surface area contributed by atoms with E-state index in [1.165, 1.54) is 0 Å². The van der Waals surface area contributed by atoms with Crippen LogP contribution in [0.5, 0.6) is 5.75 Å². The fourth-order valence-electron chi connectivity index (χ4n) is 2.54. The van der Waals surface area contributed by atoms with Crippen molar-refractivity contribution in [3.8, 4) is 17.1 Å². The number of furan rings is 1. The molecule has 1 aromatic heterocycles. The highest BCUT2D eigenvalue weighted by molar-refractivity contribution is 9.10. The number of rotatable bonds is 7. The summed E-state index contributed by atoms with van der Waals surface area (Å²) >= 11 is 3.42. The molecule has 0 fully saturated rings. The molecule has 3 rings (SSSR count). The van der Waals surface area contributed by atoms with Crippen LogP contribution in [0.3, 0.4) is 0 Å². The minimum absolute atomic E-state index is 0.114. The number of nitrogens with one attached hydrogen (secondary N) is 1.